The molecule has 17 heavy (non-hydrogen) atoms. The zero-order chi connectivity index (χ0) is 12.4. The van der Waals surface area contributed by atoms with Crippen LogP contribution < -0.4 is 5.32 Å². The van der Waals surface area contributed by atoms with E-state index in [0.717, 1.165) is 26.2 Å². The van der Waals surface area contributed by atoms with Gasteiger partial charge in [0.05, 0.1) is 9.26 Å². The molecule has 0 bridgehead atoms. The Kier molecular flexibility index (Phi) is 4.52. The summed E-state index contributed by atoms with van der Waals surface area (Å²) in [5.74, 6) is 1.86. The van der Waals surface area contributed by atoms with E-state index in [-0.39, 0.29) is 0 Å². The largest absolute Gasteiger partial charge is 0.366 e. The van der Waals surface area contributed by atoms with E-state index in [1.165, 1.54) is 19.3 Å². The zero-order valence-corrected chi connectivity index (χ0v) is 13.4. The highest BCUT2D eigenvalue weighted by atomic mass is 127. The smallest absolute Gasteiger partial charge is 0.189 e. The molecule has 2 unspecified atom stereocenters. The monoisotopic (exact) mass is 363 g/mol. The number of halogens is 1. The second-order valence-corrected chi connectivity index (χ2v) is 6.57. The van der Waals surface area contributed by atoms with E-state index in [2.05, 4.69) is 44.8 Å². The van der Waals surface area contributed by atoms with E-state index in [1.807, 2.05) is 13.2 Å². The van der Waals surface area contributed by atoms with Crippen molar-refractivity contribution >= 4 is 40.2 Å². The van der Waals surface area contributed by atoms with Crippen LogP contribution in [0.5, 0.6) is 0 Å². The van der Waals surface area contributed by atoms with E-state index in [4.69, 9.17) is 0 Å². The van der Waals surface area contributed by atoms with E-state index in [0.29, 0.717) is 6.04 Å². The number of rotatable bonds is 3. The summed E-state index contributed by atoms with van der Waals surface area (Å²) in [6, 6.07) is 0.586. The van der Waals surface area contributed by atoms with E-state index >= 15 is 0 Å². The van der Waals surface area contributed by atoms with Crippen LogP contribution in [0.1, 0.15) is 31.9 Å². The summed E-state index contributed by atoms with van der Waals surface area (Å²) in [7, 11) is 0. The van der Waals surface area contributed by atoms with Gasteiger partial charge in [-0.15, -0.1) is 0 Å². The van der Waals surface area contributed by atoms with Crippen LogP contribution in [0.4, 0.5) is 5.82 Å². The molecule has 1 aliphatic rings. The first kappa shape index (κ1) is 13.4. The van der Waals surface area contributed by atoms with Gasteiger partial charge in [0, 0.05) is 6.04 Å². The molecule has 0 saturated heterocycles. The van der Waals surface area contributed by atoms with Gasteiger partial charge in [-0.2, -0.15) is 0 Å². The van der Waals surface area contributed by atoms with Crippen LogP contribution >= 0.6 is 34.4 Å². The van der Waals surface area contributed by atoms with Gasteiger partial charge >= 0.3 is 0 Å². The predicted octanol–water partition coefficient (Wildman–Crippen LogP) is 3.71. The molecule has 1 saturated carbocycles. The quantitative estimate of drug-likeness (QED) is 0.505. The van der Waals surface area contributed by atoms with Crippen molar-refractivity contribution in [2.45, 2.75) is 44.3 Å². The molecular formula is C12H18IN3S. The molecule has 1 aromatic heterocycles. The molecule has 0 aliphatic heterocycles. The van der Waals surface area contributed by atoms with Crippen molar-refractivity contribution < 1.29 is 0 Å². The highest BCUT2D eigenvalue weighted by Crippen LogP contribution is 2.29. The molecule has 5 heteroatoms. The molecule has 0 radical (unpaired) electrons. The summed E-state index contributed by atoms with van der Waals surface area (Å²) in [5.41, 5.74) is 1.07. The first-order valence-electron chi connectivity index (χ1n) is 5.94. The maximum atomic E-state index is 4.57. The summed E-state index contributed by atoms with van der Waals surface area (Å²) in [4.78, 5) is 9.02. The third-order valence-electron chi connectivity index (χ3n) is 3.21. The van der Waals surface area contributed by atoms with Crippen molar-refractivity contribution in [3.63, 3.8) is 0 Å². The van der Waals surface area contributed by atoms with Gasteiger partial charge in [-0.3, -0.25) is 0 Å². The number of nitrogens with zero attached hydrogens (tertiary/aromatic N) is 2. The molecule has 1 N–H and O–H groups in total. The fraction of sp³-hybridized carbons (Fsp3) is 0.667. The Bertz CT molecular complexity index is 411. The average Bonchev–Trinajstić information content (AvgIpc) is 2.70. The minimum absolute atomic E-state index is 0.586. The van der Waals surface area contributed by atoms with Crippen LogP contribution in [0.15, 0.2) is 5.16 Å². The summed E-state index contributed by atoms with van der Waals surface area (Å²) < 4.78 is 1.15. The molecule has 94 valence electrons. The Labute approximate surface area is 121 Å². The van der Waals surface area contributed by atoms with E-state index < -0.39 is 0 Å². The van der Waals surface area contributed by atoms with Crippen LogP contribution in [0, 0.1) is 16.4 Å². The fourth-order valence-corrected chi connectivity index (χ4v) is 3.06. The number of aryl methyl sites for hydroxylation is 1. The third kappa shape index (κ3) is 3.24. The highest BCUT2D eigenvalue weighted by Gasteiger charge is 2.22. The Morgan fingerprint density at radius 3 is 2.71 bits per heavy atom. The lowest BCUT2D eigenvalue weighted by Crippen LogP contribution is -2.18. The second kappa shape index (κ2) is 5.73. The first-order valence-corrected chi connectivity index (χ1v) is 8.25. The molecule has 0 amide bonds. The fourth-order valence-electron chi connectivity index (χ4n) is 2.25. The van der Waals surface area contributed by atoms with E-state index in [1.54, 1.807) is 11.8 Å². The second-order valence-electron chi connectivity index (χ2n) is 4.72. The maximum absolute atomic E-state index is 4.57. The summed E-state index contributed by atoms with van der Waals surface area (Å²) in [6.45, 7) is 4.37. The normalized spacial score (nSPS) is 24.0. The van der Waals surface area contributed by atoms with E-state index in [9.17, 15) is 0 Å². The van der Waals surface area contributed by atoms with Crippen molar-refractivity contribution in [1.29, 1.82) is 0 Å². The molecular weight excluding hydrogens is 345 g/mol. The number of nitrogens with one attached hydrogen (secondary N) is 1. The Hall–Kier alpha value is -0.0400. The summed E-state index contributed by atoms with van der Waals surface area (Å²) in [5, 5.41) is 4.44. The molecule has 2 rings (SSSR count). The zero-order valence-electron chi connectivity index (χ0n) is 10.5. The van der Waals surface area contributed by atoms with Crippen LogP contribution in [-0.2, 0) is 0 Å². The van der Waals surface area contributed by atoms with Gasteiger partial charge in [0.1, 0.15) is 5.82 Å². The number of hydrogen-bond acceptors (Lipinski definition) is 4. The van der Waals surface area contributed by atoms with Crippen LogP contribution in [-0.4, -0.2) is 22.3 Å². The summed E-state index contributed by atoms with van der Waals surface area (Å²) in [6.07, 6.45) is 5.86. The molecule has 1 fully saturated rings. The Balaban J connectivity index is 2.17. The minimum Gasteiger partial charge on any atom is -0.366 e. The number of aromatic nitrogens is 2. The molecule has 0 spiro atoms. The SMILES string of the molecule is CSc1nc(C)c(I)c(NC2CCC(C)C2)n1. The lowest BCUT2D eigenvalue weighted by atomic mass is 10.1. The van der Waals surface area contributed by atoms with Crippen LogP contribution in [0.25, 0.3) is 0 Å². The van der Waals surface area contributed by atoms with Crippen molar-refractivity contribution in [3.8, 4) is 0 Å². The van der Waals surface area contributed by atoms with Crippen molar-refractivity contribution in [2.24, 2.45) is 5.92 Å². The van der Waals surface area contributed by atoms with Gasteiger partial charge in [0.25, 0.3) is 0 Å². The van der Waals surface area contributed by atoms with Crippen molar-refractivity contribution in [2.75, 3.05) is 11.6 Å². The predicted molar refractivity (Wildman–Crippen MR) is 81.7 cm³/mol. The molecule has 1 aromatic rings. The summed E-state index contributed by atoms with van der Waals surface area (Å²) >= 11 is 3.93. The lowest BCUT2D eigenvalue weighted by molar-refractivity contribution is 0.602. The first-order chi connectivity index (χ1) is 8.10. The van der Waals surface area contributed by atoms with Gasteiger partial charge in [-0.05, 0) is 61.0 Å². The lowest BCUT2D eigenvalue weighted by Gasteiger charge is -2.15. The Morgan fingerprint density at radius 2 is 2.12 bits per heavy atom. The molecule has 0 aromatic carbocycles. The topological polar surface area (TPSA) is 37.8 Å². The number of hydrogen-bond donors (Lipinski definition) is 1. The molecule has 2 atom stereocenters. The minimum atomic E-state index is 0.586. The van der Waals surface area contributed by atoms with Gasteiger partial charge < -0.3 is 5.32 Å². The number of thioether (sulfide) groups is 1. The number of anilines is 1. The molecule has 3 nitrogen and oxygen atoms in total. The Morgan fingerprint density at radius 1 is 1.35 bits per heavy atom. The van der Waals surface area contributed by atoms with Crippen molar-refractivity contribution in [1.82, 2.24) is 9.97 Å². The van der Waals surface area contributed by atoms with Gasteiger partial charge in [-0.25, -0.2) is 9.97 Å². The molecule has 1 heterocycles. The van der Waals surface area contributed by atoms with Crippen LogP contribution in [0.3, 0.4) is 0 Å². The van der Waals surface area contributed by atoms with Gasteiger partial charge in [-0.1, -0.05) is 18.7 Å². The standard InChI is InChI=1S/C12H18IN3S/c1-7-4-5-9(6-7)15-11-10(13)8(2)14-12(16-11)17-3/h7,9H,4-6H2,1-3H3,(H,14,15,16). The van der Waals surface area contributed by atoms with Crippen molar-refractivity contribution in [3.05, 3.63) is 9.26 Å². The van der Waals surface area contributed by atoms with Gasteiger partial charge in [0.2, 0.25) is 0 Å². The van der Waals surface area contributed by atoms with Crippen LogP contribution in [0.2, 0.25) is 0 Å². The molecule has 1 aliphatic carbocycles. The van der Waals surface area contributed by atoms with Gasteiger partial charge in [0.15, 0.2) is 5.16 Å². The maximum Gasteiger partial charge on any atom is 0.189 e. The highest BCUT2D eigenvalue weighted by molar-refractivity contribution is 14.1. The third-order valence-corrected chi connectivity index (χ3v) is 5.05. The average molecular weight is 363 g/mol.